The van der Waals surface area contributed by atoms with Crippen molar-refractivity contribution in [2.45, 2.75) is 122 Å². The minimum atomic E-state index is -1.70. The van der Waals surface area contributed by atoms with Gasteiger partial charge in [-0.2, -0.15) is 0 Å². The van der Waals surface area contributed by atoms with Gasteiger partial charge in [0, 0.05) is 42.1 Å². The van der Waals surface area contributed by atoms with Crippen LogP contribution in [0.4, 0.5) is 0 Å². The number of carbonyl (C=O) groups excluding carboxylic acids is 7. The van der Waals surface area contributed by atoms with E-state index in [4.69, 9.17) is 11.5 Å². The fourth-order valence-corrected chi connectivity index (χ4v) is 8.88. The summed E-state index contributed by atoms with van der Waals surface area (Å²) in [5.41, 5.74) is 11.8. The van der Waals surface area contributed by atoms with Crippen LogP contribution >= 0.6 is 0 Å². The van der Waals surface area contributed by atoms with E-state index in [1.165, 1.54) is 24.7 Å². The third-order valence-electron chi connectivity index (χ3n) is 11.9. The van der Waals surface area contributed by atoms with Crippen LogP contribution in [0.2, 0.25) is 0 Å². The molecular weight excluding hydrogens is 931 g/mol. The average Bonchev–Trinajstić information content (AvgIpc) is 3.98. The second kappa shape index (κ2) is 28.1. The Bertz CT molecular complexity index is 2160. The Morgan fingerprint density at radius 3 is 1.99 bits per heavy atom. The van der Waals surface area contributed by atoms with Gasteiger partial charge in [0.05, 0.1) is 24.5 Å². The van der Waals surface area contributed by atoms with Crippen LogP contribution in [0.1, 0.15) is 78.5 Å². The zero-order valence-corrected chi connectivity index (χ0v) is 41.6. The van der Waals surface area contributed by atoms with Gasteiger partial charge in [-0.05, 0) is 55.3 Å². The Morgan fingerprint density at radius 2 is 1.41 bits per heavy atom. The lowest BCUT2D eigenvalue weighted by Crippen LogP contribution is -2.62. The van der Waals surface area contributed by atoms with Crippen molar-refractivity contribution in [3.63, 3.8) is 0 Å². The Morgan fingerprint density at radius 1 is 0.814 bits per heavy atom. The molecule has 24 nitrogen and oxygen atoms in total. The highest BCUT2D eigenvalue weighted by molar-refractivity contribution is 7.85. The largest absolute Gasteiger partial charge is 0.508 e. The second-order valence-electron chi connectivity index (χ2n) is 17.7. The minimum absolute atomic E-state index is 0.0542. The number of guanidine groups is 1. The number of amides is 7. The van der Waals surface area contributed by atoms with Gasteiger partial charge in [-0.1, -0.05) is 66.5 Å². The van der Waals surface area contributed by atoms with Crippen LogP contribution in [-0.2, 0) is 62.0 Å². The molecule has 0 aliphatic carbocycles. The minimum Gasteiger partial charge on any atom is -0.508 e. The van der Waals surface area contributed by atoms with E-state index in [0.29, 0.717) is 30.5 Å². The third kappa shape index (κ3) is 17.7. The molecule has 1 aliphatic heterocycles. The van der Waals surface area contributed by atoms with Gasteiger partial charge in [-0.15, -0.1) is 0 Å². The molecule has 25 heteroatoms. The molecule has 14 N–H and O–H groups in total. The molecule has 1 unspecified atom stereocenters. The summed E-state index contributed by atoms with van der Waals surface area (Å²) in [6, 6.07) is -3.18. The number of hydrogen-bond acceptors (Lipinski definition) is 13. The van der Waals surface area contributed by atoms with Gasteiger partial charge in [-0.3, -0.25) is 42.8 Å². The summed E-state index contributed by atoms with van der Waals surface area (Å²) in [6.07, 6.45) is 3.66. The van der Waals surface area contributed by atoms with Gasteiger partial charge in [0.15, 0.2) is 5.96 Å². The monoisotopic (exact) mass is 1000 g/mol. The van der Waals surface area contributed by atoms with E-state index in [1.54, 1.807) is 60.7 Å². The molecule has 70 heavy (non-hydrogen) atoms. The highest BCUT2D eigenvalue weighted by atomic mass is 32.2. The number of phenols is 1. The molecule has 3 rings (SSSR count). The van der Waals surface area contributed by atoms with Crippen LogP contribution in [-0.4, -0.2) is 157 Å². The molecule has 388 valence electrons. The summed E-state index contributed by atoms with van der Waals surface area (Å²) >= 11 is 0. The Hall–Kier alpha value is -6.63. The molecule has 10 atom stereocenters. The van der Waals surface area contributed by atoms with Crippen molar-refractivity contribution >= 4 is 64.1 Å². The number of carboxylic acids is 1. The number of H-pyrrole nitrogens is 1. The Kier molecular flexibility index (Phi) is 23.2. The summed E-state index contributed by atoms with van der Waals surface area (Å²) < 4.78 is 13.0. The summed E-state index contributed by atoms with van der Waals surface area (Å²) in [4.78, 5) is 121. The van der Waals surface area contributed by atoms with Gasteiger partial charge in [0.2, 0.25) is 41.4 Å². The van der Waals surface area contributed by atoms with Gasteiger partial charge in [0.25, 0.3) is 0 Å². The second-order valence-corrected chi connectivity index (χ2v) is 19.2. The van der Waals surface area contributed by atoms with Crippen LogP contribution in [0.15, 0.2) is 41.8 Å². The quantitative estimate of drug-likeness (QED) is 0.0245. The van der Waals surface area contributed by atoms with Crippen LogP contribution < -0.4 is 48.7 Å². The van der Waals surface area contributed by atoms with E-state index in [0.717, 1.165) is 4.90 Å². The first-order chi connectivity index (χ1) is 33.1. The van der Waals surface area contributed by atoms with Crippen molar-refractivity contribution in [1.82, 2.24) is 52.1 Å². The highest BCUT2D eigenvalue weighted by Crippen LogP contribution is 2.19. The van der Waals surface area contributed by atoms with Crippen molar-refractivity contribution < 1.29 is 52.8 Å². The first-order valence-electron chi connectivity index (χ1n) is 23.2. The maximum absolute atomic E-state index is 14.5. The molecule has 0 spiro atoms. The number of aromatic amines is 1. The molecule has 0 radical (unpaired) electrons. The van der Waals surface area contributed by atoms with Crippen LogP contribution in [0.5, 0.6) is 5.75 Å². The predicted molar refractivity (Wildman–Crippen MR) is 259 cm³/mol. The summed E-state index contributed by atoms with van der Waals surface area (Å²) in [5, 5.41) is 38.6. The maximum atomic E-state index is 14.5. The number of aromatic nitrogens is 2. The number of nitrogens with two attached hydrogens (primary N) is 2. The molecule has 7 amide bonds. The molecular formula is C45H71N13O11S. The van der Waals surface area contributed by atoms with Crippen LogP contribution in [0.25, 0.3) is 0 Å². The molecule has 1 aliphatic rings. The number of phenolic OH excluding ortho intramolecular Hbond substituents is 1. The van der Waals surface area contributed by atoms with Crippen molar-refractivity contribution in [2.24, 2.45) is 34.2 Å². The summed E-state index contributed by atoms with van der Waals surface area (Å²) in [6.45, 7) is 10.3. The SMILES string of the molecule is CC[C@H](C)[C@H](NC(=O)[C@H]1CS(=O)CN1C(=O)[C@H](Cc1cnc[nH]1)NC(=O)[C@@H](NC(=O)[C@H](Cc1ccc(O)cc1)NC(=O)[C@@H](NC(=O)[C@H](CCCN=C(N)N)NC(=O)CNC)C(C)C)[C@@H](C)CC)C(=O)O. The highest BCUT2D eigenvalue weighted by Gasteiger charge is 2.43. The number of aromatic hydroxyl groups is 1. The fraction of sp³-hybridized carbons (Fsp3) is 0.600. The number of aliphatic carboxylic acids is 1. The number of likely N-dealkylation sites (N-methyl/N-ethyl adjacent to an activating group) is 1. The van der Waals surface area contributed by atoms with Crippen molar-refractivity contribution in [1.29, 1.82) is 0 Å². The van der Waals surface area contributed by atoms with Crippen LogP contribution in [0.3, 0.4) is 0 Å². The van der Waals surface area contributed by atoms with Crippen LogP contribution in [0, 0.1) is 17.8 Å². The molecule has 2 heterocycles. The number of nitrogens with zero attached hydrogens (tertiary/aromatic N) is 3. The maximum Gasteiger partial charge on any atom is 0.326 e. The standard InChI is InChI=1S/C45H71N13O11S/c1-8-25(5)36(42(65)54-32(18-28-19-49-22-51-28)43(66)58-23-70(69)21-33(58)40(63)57-37(44(67)68)26(6)9-2)56-39(62)31(17-27-12-14-29(59)15-13-27)53-41(64)35(24(3)4)55-38(61)30(52-34(60)20-48-7)11-10-16-50-45(46)47/h12-15,19,22,24-26,30-33,35-37,48,59H,8-11,16-18,20-21,23H2,1-7H3,(H,49,51)(H,52,60)(H,53,64)(H,54,65)(H,55,61)(H,56,62)(H,57,63)(H,67,68)(H4,46,47,50)/t25-,26-,30-,31-,32-,33+,35-,36-,37-,70?/m0/s1. The van der Waals surface area contributed by atoms with E-state index in [2.05, 4.69) is 52.2 Å². The molecule has 0 saturated carbocycles. The number of benzene rings is 1. The zero-order chi connectivity index (χ0) is 52.2. The summed E-state index contributed by atoms with van der Waals surface area (Å²) in [7, 11) is -0.139. The first kappa shape index (κ1) is 57.7. The zero-order valence-electron chi connectivity index (χ0n) is 40.8. The normalized spacial score (nSPS) is 17.9. The lowest BCUT2D eigenvalue weighted by Gasteiger charge is -2.31. The third-order valence-corrected chi connectivity index (χ3v) is 13.2. The van der Waals surface area contributed by atoms with Gasteiger partial charge < -0.3 is 68.8 Å². The smallest absolute Gasteiger partial charge is 0.326 e. The van der Waals surface area contributed by atoms with Crippen molar-refractivity contribution in [2.75, 3.05) is 31.8 Å². The average molecular weight is 1000 g/mol. The first-order valence-corrected chi connectivity index (χ1v) is 24.7. The predicted octanol–water partition coefficient (Wildman–Crippen LogP) is -2.17. The van der Waals surface area contributed by atoms with E-state index >= 15 is 0 Å². The Balaban J connectivity index is 1.95. The van der Waals surface area contributed by atoms with Crippen molar-refractivity contribution in [3.8, 4) is 5.75 Å². The van der Waals surface area contributed by atoms with Gasteiger partial charge >= 0.3 is 5.97 Å². The number of carbonyl (C=O) groups is 8. The Labute approximate surface area is 409 Å². The fourth-order valence-electron chi connectivity index (χ4n) is 7.47. The number of imidazole rings is 1. The van der Waals surface area contributed by atoms with Crippen molar-refractivity contribution in [3.05, 3.63) is 48.0 Å². The number of carboxylic acid groups (broad SMARTS) is 1. The number of aliphatic imine (C=N–C) groups is 1. The van der Waals surface area contributed by atoms with Gasteiger partial charge in [-0.25, -0.2) is 9.78 Å². The topological polar surface area (TPSA) is 375 Å². The molecule has 1 saturated heterocycles. The number of rotatable bonds is 28. The molecule has 0 bridgehead atoms. The number of nitrogens with one attached hydrogen (secondary N) is 8. The van der Waals surface area contributed by atoms with E-state index in [-0.39, 0.29) is 55.7 Å². The van der Waals surface area contributed by atoms with Gasteiger partial charge in [0.1, 0.15) is 48.0 Å². The van der Waals surface area contributed by atoms with E-state index in [1.807, 2.05) is 0 Å². The molecule has 1 aromatic heterocycles. The summed E-state index contributed by atoms with van der Waals surface area (Å²) in [5.74, 6) is -8.88. The lowest BCUT2D eigenvalue weighted by molar-refractivity contribution is -0.146. The lowest BCUT2D eigenvalue weighted by atomic mass is 9.96. The molecule has 1 aromatic carbocycles. The number of hydrogen-bond donors (Lipinski definition) is 12. The van der Waals surface area contributed by atoms with E-state index in [9.17, 15) is 52.8 Å². The van der Waals surface area contributed by atoms with E-state index < -0.39 is 118 Å². The molecule has 2 aromatic rings. The molecule has 1 fully saturated rings.